The lowest BCUT2D eigenvalue weighted by Crippen LogP contribution is -2.38. The van der Waals surface area contributed by atoms with Gasteiger partial charge in [0.25, 0.3) is 0 Å². The fourth-order valence-corrected chi connectivity index (χ4v) is 3.08. The third-order valence-corrected chi connectivity index (χ3v) is 4.49. The van der Waals surface area contributed by atoms with E-state index in [0.717, 1.165) is 19.3 Å². The number of rotatable bonds is 6. The maximum Gasteiger partial charge on any atom is 0.225 e. The number of hydrogen-bond acceptors (Lipinski definition) is 3. The smallest absolute Gasteiger partial charge is 0.225 e. The van der Waals surface area contributed by atoms with Crippen LogP contribution < -0.4 is 10.5 Å². The third-order valence-electron chi connectivity index (χ3n) is 4.18. The van der Waals surface area contributed by atoms with E-state index in [9.17, 15) is 4.79 Å². The number of para-hydroxylation sites is 1. The van der Waals surface area contributed by atoms with Crippen LogP contribution in [-0.4, -0.2) is 37.6 Å². The zero-order valence-electron chi connectivity index (χ0n) is 12.4. The van der Waals surface area contributed by atoms with E-state index in [4.69, 9.17) is 22.1 Å². The molecule has 0 radical (unpaired) electrons. The van der Waals surface area contributed by atoms with Crippen molar-refractivity contribution in [3.05, 3.63) is 29.3 Å². The molecule has 1 aliphatic rings. The van der Waals surface area contributed by atoms with Gasteiger partial charge in [-0.25, -0.2) is 0 Å². The summed E-state index contributed by atoms with van der Waals surface area (Å²) in [4.78, 5) is 14.2. The Kier molecular flexibility index (Phi) is 5.88. The minimum Gasteiger partial charge on any atom is -0.490 e. The van der Waals surface area contributed by atoms with Gasteiger partial charge in [-0.15, -0.1) is 0 Å². The van der Waals surface area contributed by atoms with Gasteiger partial charge in [0, 0.05) is 13.0 Å². The Morgan fingerprint density at radius 1 is 1.43 bits per heavy atom. The van der Waals surface area contributed by atoms with E-state index < -0.39 is 0 Å². The molecule has 2 atom stereocenters. The molecule has 1 aliphatic carbocycles. The van der Waals surface area contributed by atoms with Crippen LogP contribution in [0, 0.1) is 11.8 Å². The molecule has 0 saturated heterocycles. The second-order valence-corrected chi connectivity index (χ2v) is 5.98. The first kappa shape index (κ1) is 16.1. The van der Waals surface area contributed by atoms with Crippen LogP contribution in [0.2, 0.25) is 5.02 Å². The summed E-state index contributed by atoms with van der Waals surface area (Å²) in [6.45, 7) is 1.59. The predicted octanol–water partition coefficient (Wildman–Crippen LogP) is 2.55. The van der Waals surface area contributed by atoms with Gasteiger partial charge in [-0.3, -0.25) is 4.79 Å². The number of hydrogen-bond donors (Lipinski definition) is 1. The molecule has 116 valence electrons. The van der Waals surface area contributed by atoms with Crippen LogP contribution in [0.5, 0.6) is 5.75 Å². The van der Waals surface area contributed by atoms with Gasteiger partial charge in [0.15, 0.2) is 0 Å². The van der Waals surface area contributed by atoms with Crippen molar-refractivity contribution >= 4 is 17.5 Å². The minimum absolute atomic E-state index is 0.0836. The van der Waals surface area contributed by atoms with Gasteiger partial charge in [-0.2, -0.15) is 0 Å². The molecule has 0 aliphatic heterocycles. The molecule has 0 heterocycles. The first-order chi connectivity index (χ1) is 10.1. The summed E-state index contributed by atoms with van der Waals surface area (Å²) in [7, 11) is 1.82. The fraction of sp³-hybridized carbons (Fsp3) is 0.562. The molecule has 1 saturated carbocycles. The van der Waals surface area contributed by atoms with E-state index in [1.165, 1.54) is 0 Å². The predicted molar refractivity (Wildman–Crippen MR) is 84.5 cm³/mol. The highest BCUT2D eigenvalue weighted by atomic mass is 35.5. The standard InChI is InChI=1S/C16H23ClN2O2/c1-19(16(20)13-6-4-5-12(13)11-18)9-10-21-15-8-3-2-7-14(15)17/h2-3,7-8,12-13H,4-6,9-11,18H2,1H3. The van der Waals surface area contributed by atoms with E-state index in [2.05, 4.69) is 0 Å². The number of ether oxygens (including phenoxy) is 1. The highest BCUT2D eigenvalue weighted by molar-refractivity contribution is 6.32. The number of benzene rings is 1. The van der Waals surface area contributed by atoms with Gasteiger partial charge in [0.2, 0.25) is 5.91 Å². The molecule has 5 heteroatoms. The lowest BCUT2D eigenvalue weighted by atomic mass is 9.95. The summed E-state index contributed by atoms with van der Waals surface area (Å²) in [6.07, 6.45) is 3.12. The Morgan fingerprint density at radius 2 is 2.19 bits per heavy atom. The van der Waals surface area contributed by atoms with Crippen LogP contribution in [0.3, 0.4) is 0 Å². The zero-order chi connectivity index (χ0) is 15.2. The first-order valence-electron chi connectivity index (χ1n) is 7.46. The van der Waals surface area contributed by atoms with E-state index in [1.807, 2.05) is 25.2 Å². The summed E-state index contributed by atoms with van der Waals surface area (Å²) in [5, 5.41) is 0.588. The van der Waals surface area contributed by atoms with E-state index in [-0.39, 0.29) is 11.8 Å². The van der Waals surface area contributed by atoms with Gasteiger partial charge in [-0.1, -0.05) is 30.2 Å². The molecule has 2 N–H and O–H groups in total. The van der Waals surface area contributed by atoms with Crippen molar-refractivity contribution in [1.29, 1.82) is 0 Å². The number of amides is 1. The number of nitrogens with two attached hydrogens (primary N) is 1. The summed E-state index contributed by atoms with van der Waals surface area (Å²) in [5.41, 5.74) is 5.74. The monoisotopic (exact) mass is 310 g/mol. The maximum absolute atomic E-state index is 12.4. The summed E-state index contributed by atoms with van der Waals surface area (Å²) < 4.78 is 5.62. The summed E-state index contributed by atoms with van der Waals surface area (Å²) in [6, 6.07) is 7.35. The second-order valence-electron chi connectivity index (χ2n) is 5.57. The average molecular weight is 311 g/mol. The molecule has 0 bridgehead atoms. The molecule has 4 nitrogen and oxygen atoms in total. The highest BCUT2D eigenvalue weighted by Gasteiger charge is 2.33. The van der Waals surface area contributed by atoms with Gasteiger partial charge in [-0.05, 0) is 37.4 Å². The average Bonchev–Trinajstić information content (AvgIpc) is 2.96. The van der Waals surface area contributed by atoms with Gasteiger partial charge in [0.1, 0.15) is 12.4 Å². The van der Waals surface area contributed by atoms with Crippen LogP contribution in [0.1, 0.15) is 19.3 Å². The van der Waals surface area contributed by atoms with E-state index in [0.29, 0.717) is 36.4 Å². The van der Waals surface area contributed by atoms with Crippen LogP contribution in [0.4, 0.5) is 0 Å². The zero-order valence-corrected chi connectivity index (χ0v) is 13.2. The molecule has 2 unspecified atom stereocenters. The molecule has 1 aromatic rings. The summed E-state index contributed by atoms with van der Waals surface area (Å²) >= 11 is 6.02. The number of nitrogens with zero attached hydrogens (tertiary/aromatic N) is 1. The van der Waals surface area contributed by atoms with E-state index >= 15 is 0 Å². The quantitative estimate of drug-likeness (QED) is 0.878. The largest absolute Gasteiger partial charge is 0.490 e. The number of halogens is 1. The molecule has 1 amide bonds. The Morgan fingerprint density at radius 3 is 2.90 bits per heavy atom. The Labute approximate surface area is 131 Å². The van der Waals surface area contributed by atoms with Gasteiger partial charge in [0.05, 0.1) is 11.6 Å². The van der Waals surface area contributed by atoms with Crippen LogP contribution in [-0.2, 0) is 4.79 Å². The highest BCUT2D eigenvalue weighted by Crippen LogP contribution is 2.32. The van der Waals surface area contributed by atoms with Gasteiger partial charge < -0.3 is 15.4 Å². The fourth-order valence-electron chi connectivity index (χ4n) is 2.89. The van der Waals surface area contributed by atoms with Crippen molar-refractivity contribution in [1.82, 2.24) is 4.90 Å². The lowest BCUT2D eigenvalue weighted by Gasteiger charge is -2.24. The minimum atomic E-state index is 0.0836. The van der Waals surface area contributed by atoms with Crippen LogP contribution in [0.15, 0.2) is 24.3 Å². The molecule has 2 rings (SSSR count). The van der Waals surface area contributed by atoms with Gasteiger partial charge >= 0.3 is 0 Å². The lowest BCUT2D eigenvalue weighted by molar-refractivity contribution is -0.135. The molecule has 0 spiro atoms. The Hall–Kier alpha value is -1.26. The Balaban J connectivity index is 1.80. The summed E-state index contributed by atoms with van der Waals surface area (Å²) in [5.74, 6) is 1.26. The molecular formula is C16H23ClN2O2. The normalized spacial score (nSPS) is 21.3. The molecule has 1 fully saturated rings. The first-order valence-corrected chi connectivity index (χ1v) is 7.83. The van der Waals surface area contributed by atoms with Crippen molar-refractivity contribution in [2.24, 2.45) is 17.6 Å². The molecule has 0 aromatic heterocycles. The molecular weight excluding hydrogens is 288 g/mol. The topological polar surface area (TPSA) is 55.6 Å². The number of carbonyl (C=O) groups excluding carboxylic acids is 1. The Bertz CT molecular complexity index is 481. The third kappa shape index (κ3) is 4.11. The molecule has 21 heavy (non-hydrogen) atoms. The van der Waals surface area contributed by atoms with Crippen molar-refractivity contribution in [2.75, 3.05) is 26.7 Å². The van der Waals surface area contributed by atoms with Crippen molar-refractivity contribution in [3.63, 3.8) is 0 Å². The van der Waals surface area contributed by atoms with Crippen LogP contribution >= 0.6 is 11.6 Å². The van der Waals surface area contributed by atoms with Crippen molar-refractivity contribution < 1.29 is 9.53 Å². The van der Waals surface area contributed by atoms with Crippen molar-refractivity contribution in [2.45, 2.75) is 19.3 Å². The van der Waals surface area contributed by atoms with E-state index in [1.54, 1.807) is 11.0 Å². The maximum atomic E-state index is 12.4. The number of likely N-dealkylation sites (N-methyl/N-ethyl adjacent to an activating group) is 1. The molecule has 1 aromatic carbocycles. The second kappa shape index (κ2) is 7.66. The van der Waals surface area contributed by atoms with Crippen molar-refractivity contribution in [3.8, 4) is 5.75 Å². The number of carbonyl (C=O) groups is 1. The SMILES string of the molecule is CN(CCOc1ccccc1Cl)C(=O)C1CCCC1CN. The van der Waals surface area contributed by atoms with Crippen LogP contribution in [0.25, 0.3) is 0 Å².